The van der Waals surface area contributed by atoms with Crippen molar-refractivity contribution in [1.29, 1.82) is 0 Å². The lowest BCUT2D eigenvalue weighted by Crippen LogP contribution is -2.45. The van der Waals surface area contributed by atoms with Crippen molar-refractivity contribution in [2.45, 2.75) is 5.54 Å². The van der Waals surface area contributed by atoms with E-state index in [1.807, 2.05) is 30.3 Å². The molecule has 14 heavy (non-hydrogen) atoms. The molecule has 2 rings (SSSR count). The van der Waals surface area contributed by atoms with Gasteiger partial charge in [0.2, 0.25) is 0 Å². The molecule has 0 spiro atoms. The molecule has 1 aromatic carbocycles. The number of hydrogen-bond donors (Lipinski definition) is 3. The van der Waals surface area contributed by atoms with Crippen LogP contribution in [0.5, 0.6) is 0 Å². The average Bonchev–Trinajstić information content (AvgIpc) is 2.62. The van der Waals surface area contributed by atoms with Gasteiger partial charge in [0, 0.05) is 25.6 Å². The molecular weight excluding hydrogens is 176 g/mol. The Morgan fingerprint density at radius 1 is 1.43 bits per heavy atom. The average molecular weight is 192 g/mol. The molecule has 1 heterocycles. The van der Waals surface area contributed by atoms with Crippen LogP contribution in [0.15, 0.2) is 30.3 Å². The number of aliphatic hydroxyl groups is 1. The van der Waals surface area contributed by atoms with E-state index in [0.717, 1.165) is 18.7 Å². The molecule has 76 valence electrons. The van der Waals surface area contributed by atoms with Crippen LogP contribution < -0.4 is 11.1 Å². The maximum absolute atomic E-state index is 9.24. The van der Waals surface area contributed by atoms with Gasteiger partial charge in [0.25, 0.3) is 0 Å². The summed E-state index contributed by atoms with van der Waals surface area (Å²) >= 11 is 0. The van der Waals surface area contributed by atoms with Gasteiger partial charge in [0.1, 0.15) is 0 Å². The highest BCUT2D eigenvalue weighted by atomic mass is 16.3. The number of hydrogen-bond acceptors (Lipinski definition) is 3. The first-order valence-corrected chi connectivity index (χ1v) is 4.93. The van der Waals surface area contributed by atoms with Crippen LogP contribution in [-0.4, -0.2) is 24.8 Å². The summed E-state index contributed by atoms with van der Waals surface area (Å²) < 4.78 is 0. The van der Waals surface area contributed by atoms with Gasteiger partial charge in [-0.05, 0) is 5.56 Å². The monoisotopic (exact) mass is 192 g/mol. The van der Waals surface area contributed by atoms with E-state index < -0.39 is 5.54 Å². The van der Waals surface area contributed by atoms with Gasteiger partial charge in [-0.15, -0.1) is 0 Å². The molecule has 3 heteroatoms. The highest BCUT2D eigenvalue weighted by molar-refractivity contribution is 5.27. The van der Waals surface area contributed by atoms with Gasteiger partial charge in [0.15, 0.2) is 0 Å². The molecule has 3 nitrogen and oxygen atoms in total. The maximum Gasteiger partial charge on any atom is 0.0598 e. The summed E-state index contributed by atoms with van der Waals surface area (Å²) in [5, 5.41) is 12.5. The third-order valence-electron chi connectivity index (χ3n) is 3.07. The molecule has 0 aliphatic carbocycles. The topological polar surface area (TPSA) is 58.3 Å². The molecule has 0 bridgehead atoms. The standard InChI is InChI=1S/C11H16N2O/c12-11(8-13-6-10(11)7-14)9-4-2-1-3-5-9/h1-5,10,13-14H,6-8,12H2. The van der Waals surface area contributed by atoms with Crippen molar-refractivity contribution in [1.82, 2.24) is 5.32 Å². The molecular formula is C11H16N2O. The lowest BCUT2D eigenvalue weighted by Gasteiger charge is -2.29. The maximum atomic E-state index is 9.24. The molecule has 0 saturated carbocycles. The molecule has 2 unspecified atom stereocenters. The van der Waals surface area contributed by atoms with Crippen molar-refractivity contribution in [3.05, 3.63) is 35.9 Å². The summed E-state index contributed by atoms with van der Waals surface area (Å²) in [6.45, 7) is 1.67. The van der Waals surface area contributed by atoms with Crippen molar-refractivity contribution in [2.24, 2.45) is 11.7 Å². The van der Waals surface area contributed by atoms with Crippen molar-refractivity contribution >= 4 is 0 Å². The summed E-state index contributed by atoms with van der Waals surface area (Å²) in [5.74, 6) is 0.116. The zero-order valence-electron chi connectivity index (χ0n) is 8.11. The minimum absolute atomic E-state index is 0.116. The Balaban J connectivity index is 2.31. The summed E-state index contributed by atoms with van der Waals surface area (Å²) in [7, 11) is 0. The lowest BCUT2D eigenvalue weighted by molar-refractivity contribution is 0.187. The first-order chi connectivity index (χ1) is 6.77. The SMILES string of the molecule is NC1(c2ccccc2)CNCC1CO. The van der Waals surface area contributed by atoms with Gasteiger partial charge in [-0.3, -0.25) is 0 Å². The van der Waals surface area contributed by atoms with Crippen LogP contribution in [0.2, 0.25) is 0 Å². The van der Waals surface area contributed by atoms with E-state index in [0.29, 0.717) is 0 Å². The van der Waals surface area contributed by atoms with E-state index in [4.69, 9.17) is 5.73 Å². The zero-order valence-corrected chi connectivity index (χ0v) is 8.11. The predicted octanol–water partition coefficient (Wildman–Crippen LogP) is 0.0523. The quantitative estimate of drug-likeness (QED) is 0.620. The second-order valence-corrected chi connectivity index (χ2v) is 3.92. The van der Waals surface area contributed by atoms with Crippen molar-refractivity contribution in [3.8, 4) is 0 Å². The highest BCUT2D eigenvalue weighted by Crippen LogP contribution is 2.29. The molecule has 0 amide bonds. The van der Waals surface area contributed by atoms with Gasteiger partial charge in [-0.25, -0.2) is 0 Å². The summed E-state index contributed by atoms with van der Waals surface area (Å²) in [5.41, 5.74) is 7.01. The van der Waals surface area contributed by atoms with Crippen molar-refractivity contribution < 1.29 is 5.11 Å². The molecule has 1 aromatic rings. The molecule has 0 aromatic heterocycles. The van der Waals surface area contributed by atoms with Crippen LogP contribution >= 0.6 is 0 Å². The van der Waals surface area contributed by atoms with Crippen LogP contribution in [0, 0.1) is 5.92 Å². The smallest absolute Gasteiger partial charge is 0.0598 e. The van der Waals surface area contributed by atoms with Crippen molar-refractivity contribution in [2.75, 3.05) is 19.7 Å². The Kier molecular flexibility index (Phi) is 2.54. The van der Waals surface area contributed by atoms with Gasteiger partial charge < -0.3 is 16.2 Å². The van der Waals surface area contributed by atoms with Gasteiger partial charge in [-0.2, -0.15) is 0 Å². The number of benzene rings is 1. The van der Waals surface area contributed by atoms with E-state index in [2.05, 4.69) is 5.32 Å². The fraction of sp³-hybridized carbons (Fsp3) is 0.455. The fourth-order valence-electron chi connectivity index (χ4n) is 2.09. The Hall–Kier alpha value is -0.900. The zero-order chi connectivity index (χ0) is 10.0. The number of rotatable bonds is 2. The molecule has 1 aliphatic heterocycles. The number of aliphatic hydroxyl groups excluding tert-OH is 1. The molecule has 1 saturated heterocycles. The molecule has 2 atom stereocenters. The van der Waals surface area contributed by atoms with E-state index in [1.165, 1.54) is 0 Å². The normalized spacial score (nSPS) is 32.0. The Bertz CT molecular complexity index is 301. The highest BCUT2D eigenvalue weighted by Gasteiger charge is 2.40. The van der Waals surface area contributed by atoms with Crippen LogP contribution in [0.25, 0.3) is 0 Å². The van der Waals surface area contributed by atoms with Crippen LogP contribution in [0.4, 0.5) is 0 Å². The van der Waals surface area contributed by atoms with Gasteiger partial charge >= 0.3 is 0 Å². The van der Waals surface area contributed by atoms with Crippen LogP contribution in [0.1, 0.15) is 5.56 Å². The van der Waals surface area contributed by atoms with Gasteiger partial charge in [0.05, 0.1) is 5.54 Å². The molecule has 4 N–H and O–H groups in total. The van der Waals surface area contributed by atoms with E-state index in [1.54, 1.807) is 0 Å². The molecule has 0 radical (unpaired) electrons. The summed E-state index contributed by atoms with van der Waals surface area (Å²) in [6.07, 6.45) is 0. The Morgan fingerprint density at radius 3 is 2.79 bits per heavy atom. The Labute approximate surface area is 83.9 Å². The third kappa shape index (κ3) is 1.43. The summed E-state index contributed by atoms with van der Waals surface area (Å²) in [6, 6.07) is 9.99. The van der Waals surface area contributed by atoms with Crippen molar-refractivity contribution in [3.63, 3.8) is 0 Å². The largest absolute Gasteiger partial charge is 0.396 e. The first-order valence-electron chi connectivity index (χ1n) is 4.93. The third-order valence-corrected chi connectivity index (χ3v) is 3.07. The van der Waals surface area contributed by atoms with E-state index in [9.17, 15) is 5.11 Å². The van der Waals surface area contributed by atoms with Gasteiger partial charge in [-0.1, -0.05) is 30.3 Å². The molecule has 1 aliphatic rings. The van der Waals surface area contributed by atoms with E-state index >= 15 is 0 Å². The van der Waals surface area contributed by atoms with Crippen LogP contribution in [-0.2, 0) is 5.54 Å². The van der Waals surface area contributed by atoms with E-state index in [-0.39, 0.29) is 12.5 Å². The minimum Gasteiger partial charge on any atom is -0.396 e. The predicted molar refractivity (Wildman–Crippen MR) is 55.8 cm³/mol. The molecule has 1 fully saturated rings. The fourth-order valence-corrected chi connectivity index (χ4v) is 2.09. The first kappa shape index (κ1) is 9.65. The second kappa shape index (κ2) is 3.69. The Morgan fingerprint density at radius 2 is 2.14 bits per heavy atom. The second-order valence-electron chi connectivity index (χ2n) is 3.92. The minimum atomic E-state index is -0.407. The number of nitrogens with two attached hydrogens (primary N) is 1. The number of nitrogens with one attached hydrogen (secondary N) is 1. The summed E-state index contributed by atoms with van der Waals surface area (Å²) in [4.78, 5) is 0. The van der Waals surface area contributed by atoms with Crippen LogP contribution in [0.3, 0.4) is 0 Å². The lowest BCUT2D eigenvalue weighted by atomic mass is 9.82.